The van der Waals surface area contributed by atoms with Gasteiger partial charge in [0.1, 0.15) is 0 Å². The molecule has 1 rings (SSSR count). The van der Waals surface area contributed by atoms with Crippen molar-refractivity contribution in [3.8, 4) is 0 Å². The molecule has 0 amide bonds. The van der Waals surface area contributed by atoms with Crippen LogP contribution in [-0.4, -0.2) is 30.3 Å². The Morgan fingerprint density at radius 2 is 1.71 bits per heavy atom. The first-order valence-corrected chi connectivity index (χ1v) is 6.18. The fourth-order valence-corrected chi connectivity index (χ4v) is 0.982. The third-order valence-corrected chi connectivity index (χ3v) is 1.70. The van der Waals surface area contributed by atoms with Crippen molar-refractivity contribution >= 4 is 27.5 Å². The molecule has 0 saturated heterocycles. The van der Waals surface area contributed by atoms with E-state index in [1.807, 2.05) is 0 Å². The minimum Gasteiger partial charge on any atom is -0.478 e. The first kappa shape index (κ1) is 15.2. The molecule has 0 atom stereocenters. The molecule has 1 aromatic rings. The number of anilines is 2. The van der Waals surface area contributed by atoms with Gasteiger partial charge in [-0.15, -0.1) is 0 Å². The topological polar surface area (TPSA) is 144 Å². The second kappa shape index (κ2) is 5.51. The summed E-state index contributed by atoms with van der Waals surface area (Å²) in [5.41, 5.74) is 12.4. The number of carboxylic acid groups (broad SMARTS) is 1. The van der Waals surface area contributed by atoms with E-state index in [9.17, 15) is 13.2 Å². The van der Waals surface area contributed by atoms with Crippen molar-refractivity contribution in [2.24, 2.45) is 0 Å². The van der Waals surface area contributed by atoms with Crippen molar-refractivity contribution in [3.63, 3.8) is 0 Å². The molecule has 96 valence electrons. The molecule has 0 heterocycles. The summed E-state index contributed by atoms with van der Waals surface area (Å²) in [6.45, 7) is 1.65. The third-order valence-electron chi connectivity index (χ3n) is 1.70. The third kappa shape index (κ3) is 6.38. The number of carboxylic acids is 1. The molecule has 0 radical (unpaired) electrons. The maximum Gasteiger partial charge on any atom is 0.336 e. The maximum atomic E-state index is 10.6. The van der Waals surface area contributed by atoms with Crippen LogP contribution in [0.1, 0.15) is 15.9 Å². The van der Waals surface area contributed by atoms with Gasteiger partial charge in [-0.2, -0.15) is 8.42 Å². The monoisotopic (exact) mass is 262 g/mol. The molecule has 0 fully saturated rings. The molecule has 0 spiro atoms. The summed E-state index contributed by atoms with van der Waals surface area (Å²) in [4.78, 5) is 10.6. The molecular formula is C9H14N2O5S. The Morgan fingerprint density at radius 1 is 1.29 bits per heavy atom. The Bertz CT molecular complexity index is 516. The lowest BCUT2D eigenvalue weighted by Gasteiger charge is -2.05. The molecule has 0 aliphatic rings. The van der Waals surface area contributed by atoms with E-state index in [0.717, 1.165) is 0 Å². The van der Waals surface area contributed by atoms with Gasteiger partial charge in [0.15, 0.2) is 0 Å². The molecule has 0 aromatic heterocycles. The first-order chi connectivity index (χ1) is 7.52. The summed E-state index contributed by atoms with van der Waals surface area (Å²) in [5.74, 6) is -1.01. The summed E-state index contributed by atoms with van der Waals surface area (Å²) in [6, 6.07) is 2.94. The molecule has 1 aromatic carbocycles. The van der Waals surface area contributed by atoms with Crippen molar-refractivity contribution < 1.29 is 22.9 Å². The highest BCUT2D eigenvalue weighted by molar-refractivity contribution is 7.85. The van der Waals surface area contributed by atoms with Gasteiger partial charge in [0.2, 0.25) is 0 Å². The zero-order valence-electron chi connectivity index (χ0n) is 9.34. The highest BCUT2D eigenvalue weighted by Gasteiger charge is 2.09. The van der Waals surface area contributed by atoms with Crippen molar-refractivity contribution in [3.05, 3.63) is 23.3 Å². The lowest BCUT2D eigenvalue weighted by Crippen LogP contribution is -2.04. The number of hydrogen-bond donors (Lipinski definition) is 4. The molecule has 0 bridgehead atoms. The van der Waals surface area contributed by atoms with Crippen LogP contribution in [0.2, 0.25) is 0 Å². The average Bonchev–Trinajstić information content (AvgIpc) is 2.07. The number of aromatic carboxylic acids is 1. The highest BCUT2D eigenvalue weighted by Crippen LogP contribution is 2.19. The number of benzene rings is 1. The summed E-state index contributed by atoms with van der Waals surface area (Å²) < 4.78 is 25.9. The second-order valence-corrected chi connectivity index (χ2v) is 4.79. The molecular weight excluding hydrogens is 248 g/mol. The lowest BCUT2D eigenvalue weighted by atomic mass is 10.1. The number of nitrogens with two attached hydrogens (primary N) is 2. The van der Waals surface area contributed by atoms with E-state index in [2.05, 4.69) is 0 Å². The van der Waals surface area contributed by atoms with Crippen molar-refractivity contribution in [1.29, 1.82) is 0 Å². The van der Waals surface area contributed by atoms with Crippen molar-refractivity contribution in [2.75, 3.05) is 17.7 Å². The van der Waals surface area contributed by atoms with Crippen LogP contribution in [0.15, 0.2) is 12.1 Å². The van der Waals surface area contributed by atoms with Gasteiger partial charge in [-0.25, -0.2) is 4.79 Å². The fraction of sp³-hybridized carbons (Fsp3) is 0.222. The summed E-state index contributed by atoms with van der Waals surface area (Å²) >= 11 is 0. The van der Waals surface area contributed by atoms with E-state index in [-0.39, 0.29) is 5.56 Å². The van der Waals surface area contributed by atoms with Crippen LogP contribution in [-0.2, 0) is 10.1 Å². The van der Waals surface area contributed by atoms with Gasteiger partial charge in [-0.1, -0.05) is 0 Å². The van der Waals surface area contributed by atoms with Crippen molar-refractivity contribution in [1.82, 2.24) is 0 Å². The van der Waals surface area contributed by atoms with Gasteiger partial charge in [0.25, 0.3) is 10.1 Å². The van der Waals surface area contributed by atoms with Crippen LogP contribution in [0.5, 0.6) is 0 Å². The second-order valence-electron chi connectivity index (χ2n) is 3.32. The molecule has 0 aliphatic heterocycles. The molecule has 0 saturated carbocycles. The minimum atomic E-state index is -3.67. The van der Waals surface area contributed by atoms with E-state index in [4.69, 9.17) is 21.1 Å². The standard InChI is InChI=1S/C8H10N2O2.CH4O3S/c1-4-6(8(11)12)2-5(9)3-7(4)10;1-5(2,3)4/h2-3H,9-10H2,1H3,(H,11,12);1H3,(H,2,3,4). The maximum absolute atomic E-state index is 10.6. The lowest BCUT2D eigenvalue weighted by molar-refractivity contribution is 0.0696. The van der Waals surface area contributed by atoms with E-state index in [0.29, 0.717) is 23.2 Å². The fourth-order valence-electron chi connectivity index (χ4n) is 0.982. The normalized spacial score (nSPS) is 10.3. The SMILES string of the molecule is CS(=O)(=O)O.Cc1c(N)cc(N)cc1C(=O)O. The largest absolute Gasteiger partial charge is 0.478 e. The van der Waals surface area contributed by atoms with Gasteiger partial charge in [0, 0.05) is 11.4 Å². The molecule has 0 unspecified atom stereocenters. The molecule has 7 nitrogen and oxygen atoms in total. The van der Waals surface area contributed by atoms with Crippen molar-refractivity contribution in [2.45, 2.75) is 6.92 Å². The summed E-state index contributed by atoms with van der Waals surface area (Å²) in [7, 11) is -3.67. The van der Waals surface area contributed by atoms with Crippen LogP contribution >= 0.6 is 0 Å². The van der Waals surface area contributed by atoms with E-state index >= 15 is 0 Å². The smallest absolute Gasteiger partial charge is 0.336 e. The van der Waals surface area contributed by atoms with Crippen LogP contribution in [0.25, 0.3) is 0 Å². The van der Waals surface area contributed by atoms with Gasteiger partial charge >= 0.3 is 5.97 Å². The molecule has 8 heteroatoms. The predicted molar refractivity (Wildman–Crippen MR) is 64.4 cm³/mol. The Morgan fingerprint density at radius 3 is 2.06 bits per heavy atom. The number of carbonyl (C=O) groups is 1. The van der Waals surface area contributed by atoms with E-state index in [1.54, 1.807) is 13.0 Å². The Balaban J connectivity index is 0.000000437. The van der Waals surface area contributed by atoms with Gasteiger partial charge in [0.05, 0.1) is 11.8 Å². The first-order valence-electron chi connectivity index (χ1n) is 4.33. The molecule has 6 N–H and O–H groups in total. The van der Waals surface area contributed by atoms with Crippen LogP contribution < -0.4 is 11.5 Å². The predicted octanol–water partition coefficient (Wildman–Crippen LogP) is 0.362. The molecule has 17 heavy (non-hydrogen) atoms. The van der Waals surface area contributed by atoms with E-state index in [1.165, 1.54) is 6.07 Å². The Labute approximate surface area is 98.8 Å². The Hall–Kier alpha value is -1.80. The minimum absolute atomic E-state index is 0.160. The zero-order valence-corrected chi connectivity index (χ0v) is 10.2. The van der Waals surface area contributed by atoms with Crippen LogP contribution in [0.4, 0.5) is 11.4 Å². The highest BCUT2D eigenvalue weighted by atomic mass is 32.2. The number of hydrogen-bond acceptors (Lipinski definition) is 5. The van der Waals surface area contributed by atoms with Crippen LogP contribution in [0.3, 0.4) is 0 Å². The summed E-state index contributed by atoms with van der Waals surface area (Å²) in [6.07, 6.45) is 0.715. The summed E-state index contributed by atoms with van der Waals surface area (Å²) in [5, 5.41) is 8.70. The zero-order chi connectivity index (χ0) is 13.8. The van der Waals surface area contributed by atoms with Gasteiger partial charge in [-0.05, 0) is 24.6 Å². The molecule has 0 aliphatic carbocycles. The van der Waals surface area contributed by atoms with Crippen LogP contribution in [0, 0.1) is 6.92 Å². The van der Waals surface area contributed by atoms with E-state index < -0.39 is 16.1 Å². The Kier molecular flexibility index (Phi) is 4.92. The average molecular weight is 262 g/mol. The van der Waals surface area contributed by atoms with Gasteiger partial charge in [-0.3, -0.25) is 4.55 Å². The van der Waals surface area contributed by atoms with Gasteiger partial charge < -0.3 is 16.6 Å². The number of rotatable bonds is 1. The number of nitrogen functional groups attached to an aromatic ring is 2. The quantitative estimate of drug-likeness (QED) is 0.422.